The third-order valence-corrected chi connectivity index (χ3v) is 4.09. The Kier molecular flexibility index (Phi) is 2.07. The van der Waals surface area contributed by atoms with Gasteiger partial charge in [-0.2, -0.15) is 0 Å². The molecule has 0 nitrogen and oxygen atoms in total. The number of rotatable bonds is 3. The average Bonchev–Trinajstić information content (AvgIpc) is 2.38. The summed E-state index contributed by atoms with van der Waals surface area (Å²) in [4.78, 5) is 0. The van der Waals surface area contributed by atoms with Crippen molar-refractivity contribution in [3.05, 3.63) is 0 Å². The van der Waals surface area contributed by atoms with Crippen LogP contribution in [0.5, 0.6) is 0 Å². The molecule has 0 N–H and O–H groups in total. The minimum absolute atomic E-state index is 0.656. The van der Waals surface area contributed by atoms with Crippen molar-refractivity contribution in [1.82, 2.24) is 0 Å². The Bertz CT molecular complexity index is 148. The van der Waals surface area contributed by atoms with Gasteiger partial charge in [0.05, 0.1) is 0 Å². The van der Waals surface area contributed by atoms with E-state index in [0.29, 0.717) is 10.8 Å². The van der Waals surface area contributed by atoms with E-state index in [9.17, 15) is 0 Å². The molecule has 1 fully saturated rings. The molecular formula is C11H22. The van der Waals surface area contributed by atoms with Crippen molar-refractivity contribution >= 4 is 0 Å². The van der Waals surface area contributed by atoms with E-state index >= 15 is 0 Å². The molecule has 0 aromatic carbocycles. The van der Waals surface area contributed by atoms with Crippen LogP contribution < -0.4 is 0 Å². The Morgan fingerprint density at radius 2 is 1.82 bits per heavy atom. The van der Waals surface area contributed by atoms with Gasteiger partial charge in [-0.25, -0.2) is 0 Å². The predicted octanol–water partition coefficient (Wildman–Crippen LogP) is 3.86. The summed E-state index contributed by atoms with van der Waals surface area (Å²) in [6, 6.07) is 0. The normalized spacial score (nSPS) is 43.1. The van der Waals surface area contributed by atoms with Crippen molar-refractivity contribution in [1.29, 1.82) is 0 Å². The van der Waals surface area contributed by atoms with Gasteiger partial charge in [0.15, 0.2) is 0 Å². The molecule has 0 heteroatoms. The van der Waals surface area contributed by atoms with E-state index in [4.69, 9.17) is 0 Å². The second-order valence-electron chi connectivity index (χ2n) is 5.06. The summed E-state index contributed by atoms with van der Waals surface area (Å²) < 4.78 is 0. The molecule has 0 bridgehead atoms. The van der Waals surface area contributed by atoms with Gasteiger partial charge in [-0.05, 0) is 29.6 Å². The van der Waals surface area contributed by atoms with Crippen LogP contribution in [0.4, 0.5) is 0 Å². The molecule has 1 aliphatic carbocycles. The van der Waals surface area contributed by atoms with Crippen LogP contribution in [0.15, 0.2) is 0 Å². The molecule has 0 aromatic heterocycles. The van der Waals surface area contributed by atoms with E-state index in [1.165, 1.54) is 19.3 Å². The fourth-order valence-corrected chi connectivity index (χ4v) is 2.59. The molecule has 11 heavy (non-hydrogen) atoms. The maximum absolute atomic E-state index is 2.45. The maximum Gasteiger partial charge on any atom is -0.0243 e. The first-order valence-electron chi connectivity index (χ1n) is 4.96. The Labute approximate surface area is 71.4 Å². The third-order valence-electron chi connectivity index (χ3n) is 4.09. The first-order chi connectivity index (χ1) is 4.96. The first-order valence-corrected chi connectivity index (χ1v) is 4.96. The predicted molar refractivity (Wildman–Crippen MR) is 50.6 cm³/mol. The van der Waals surface area contributed by atoms with Crippen LogP contribution in [0, 0.1) is 16.7 Å². The van der Waals surface area contributed by atoms with Gasteiger partial charge in [-0.1, -0.05) is 41.0 Å². The largest absolute Gasteiger partial charge is 0.0654 e. The van der Waals surface area contributed by atoms with Gasteiger partial charge in [0.2, 0.25) is 0 Å². The minimum Gasteiger partial charge on any atom is -0.0654 e. The molecule has 1 aliphatic rings. The van der Waals surface area contributed by atoms with Crippen molar-refractivity contribution in [3.8, 4) is 0 Å². The molecule has 1 saturated carbocycles. The highest BCUT2D eigenvalue weighted by atomic mass is 14.6. The van der Waals surface area contributed by atoms with Crippen LogP contribution in [0.1, 0.15) is 53.9 Å². The highest BCUT2D eigenvalue weighted by molar-refractivity contribution is 5.10. The lowest BCUT2D eigenvalue weighted by molar-refractivity contribution is 0.278. The van der Waals surface area contributed by atoms with Crippen LogP contribution in [-0.2, 0) is 0 Å². The van der Waals surface area contributed by atoms with Crippen molar-refractivity contribution in [2.24, 2.45) is 16.7 Å². The van der Waals surface area contributed by atoms with Gasteiger partial charge in [0.25, 0.3) is 0 Å². The van der Waals surface area contributed by atoms with Crippen LogP contribution in [0.2, 0.25) is 0 Å². The topological polar surface area (TPSA) is 0 Å². The van der Waals surface area contributed by atoms with Gasteiger partial charge >= 0.3 is 0 Å². The highest BCUT2D eigenvalue weighted by Gasteiger charge is 2.60. The molecule has 0 amide bonds. The molecule has 0 heterocycles. The average molecular weight is 154 g/mol. The lowest BCUT2D eigenvalue weighted by atomic mass is 9.84. The van der Waals surface area contributed by atoms with Gasteiger partial charge < -0.3 is 0 Å². The summed E-state index contributed by atoms with van der Waals surface area (Å²) in [5.74, 6) is 0.860. The number of hydrogen-bond acceptors (Lipinski definition) is 0. The zero-order chi connectivity index (χ0) is 8.70. The van der Waals surface area contributed by atoms with Gasteiger partial charge in [0, 0.05) is 0 Å². The van der Waals surface area contributed by atoms with Crippen LogP contribution in [-0.4, -0.2) is 0 Å². The van der Waals surface area contributed by atoms with Crippen LogP contribution >= 0.6 is 0 Å². The van der Waals surface area contributed by atoms with Crippen molar-refractivity contribution in [2.45, 2.75) is 53.9 Å². The van der Waals surface area contributed by atoms with E-state index in [0.717, 1.165) is 5.92 Å². The van der Waals surface area contributed by atoms with E-state index in [1.54, 1.807) is 0 Å². The summed E-state index contributed by atoms with van der Waals surface area (Å²) >= 11 is 0. The SMILES string of the molecule is CCCC1(C)CC1(C)C(C)C. The Morgan fingerprint density at radius 1 is 1.27 bits per heavy atom. The second kappa shape index (κ2) is 2.50. The van der Waals surface area contributed by atoms with Crippen molar-refractivity contribution in [3.63, 3.8) is 0 Å². The first kappa shape index (κ1) is 9.09. The quantitative estimate of drug-likeness (QED) is 0.579. The molecule has 0 saturated heterocycles. The lowest BCUT2D eigenvalue weighted by Gasteiger charge is -2.21. The van der Waals surface area contributed by atoms with Gasteiger partial charge in [-0.3, -0.25) is 0 Å². The third kappa shape index (κ3) is 1.21. The summed E-state index contributed by atoms with van der Waals surface area (Å²) in [7, 11) is 0. The van der Waals surface area contributed by atoms with E-state index < -0.39 is 0 Å². The standard InChI is InChI=1S/C11H22/c1-6-7-10(4)8-11(10,5)9(2)3/h9H,6-8H2,1-5H3. The summed E-state index contributed by atoms with van der Waals surface area (Å²) in [5, 5.41) is 0. The molecule has 0 radical (unpaired) electrons. The summed E-state index contributed by atoms with van der Waals surface area (Å²) in [6.45, 7) is 11.9. The molecule has 2 atom stereocenters. The van der Waals surface area contributed by atoms with Crippen LogP contribution in [0.3, 0.4) is 0 Å². The molecule has 66 valence electrons. The molecule has 2 unspecified atom stereocenters. The van der Waals surface area contributed by atoms with E-state index in [-0.39, 0.29) is 0 Å². The molecule has 0 aliphatic heterocycles. The smallest absolute Gasteiger partial charge is 0.0243 e. The highest BCUT2D eigenvalue weighted by Crippen LogP contribution is 2.69. The van der Waals surface area contributed by atoms with E-state index in [1.807, 2.05) is 0 Å². The molecule has 1 rings (SSSR count). The lowest BCUT2D eigenvalue weighted by Crippen LogP contribution is -2.13. The zero-order valence-electron chi connectivity index (χ0n) is 8.70. The Morgan fingerprint density at radius 3 is 2.09 bits per heavy atom. The Hall–Kier alpha value is 0. The molecule has 0 spiro atoms. The minimum atomic E-state index is 0.656. The molecular weight excluding hydrogens is 132 g/mol. The maximum atomic E-state index is 2.45. The fraction of sp³-hybridized carbons (Fsp3) is 1.00. The summed E-state index contributed by atoms with van der Waals surface area (Å²) in [6.07, 6.45) is 4.21. The van der Waals surface area contributed by atoms with E-state index in [2.05, 4.69) is 34.6 Å². The second-order valence-corrected chi connectivity index (χ2v) is 5.06. The van der Waals surface area contributed by atoms with Gasteiger partial charge in [-0.15, -0.1) is 0 Å². The Balaban J connectivity index is 2.56. The zero-order valence-corrected chi connectivity index (χ0v) is 8.70. The van der Waals surface area contributed by atoms with Crippen LogP contribution in [0.25, 0.3) is 0 Å². The van der Waals surface area contributed by atoms with Crippen molar-refractivity contribution in [2.75, 3.05) is 0 Å². The van der Waals surface area contributed by atoms with Gasteiger partial charge in [0.1, 0.15) is 0 Å². The monoisotopic (exact) mass is 154 g/mol. The fourth-order valence-electron chi connectivity index (χ4n) is 2.59. The molecule has 0 aromatic rings. The summed E-state index contributed by atoms with van der Waals surface area (Å²) in [5.41, 5.74) is 1.33. The number of hydrogen-bond donors (Lipinski definition) is 0. The van der Waals surface area contributed by atoms with Crippen molar-refractivity contribution < 1.29 is 0 Å².